The van der Waals surface area contributed by atoms with Gasteiger partial charge in [0, 0.05) is 0 Å². The van der Waals surface area contributed by atoms with E-state index in [1.54, 1.807) is 11.3 Å². The highest BCUT2D eigenvalue weighted by atomic mass is 32.2. The number of hydrogen-bond donors (Lipinski definition) is 1. The highest BCUT2D eigenvalue weighted by Gasteiger charge is 2.00. The molecule has 0 saturated carbocycles. The Balaban J connectivity index is 2.21. The van der Waals surface area contributed by atoms with E-state index in [-0.39, 0.29) is 5.75 Å². The molecular weight excluding hydrogens is 228 g/mol. The molecule has 1 unspecified atom stereocenters. The van der Waals surface area contributed by atoms with Gasteiger partial charge in [-0.3, -0.25) is 0 Å². The number of hydrogen-bond acceptors (Lipinski definition) is 2. The van der Waals surface area contributed by atoms with E-state index in [2.05, 4.69) is 11.4 Å². The van der Waals surface area contributed by atoms with Crippen LogP contribution in [-0.4, -0.2) is 8.76 Å². The van der Waals surface area contributed by atoms with Crippen LogP contribution in [0.1, 0.15) is 5.56 Å². The monoisotopic (exact) mass is 238 g/mol. The normalized spacial score (nSPS) is 12.6. The van der Waals surface area contributed by atoms with Crippen molar-refractivity contribution in [1.82, 2.24) is 0 Å². The molecule has 4 heteroatoms. The summed E-state index contributed by atoms with van der Waals surface area (Å²) in [6, 6.07) is 9.79. The van der Waals surface area contributed by atoms with Gasteiger partial charge in [-0.1, -0.05) is 24.3 Å². The second-order valence-corrected chi connectivity index (χ2v) is 4.89. The molecule has 1 heterocycles. The highest BCUT2D eigenvalue weighted by molar-refractivity contribution is 7.78. The standard InChI is InChI=1S/C11H10O2S2/c12-15(13)8-9-1-3-10(4-2-9)11-5-6-14-7-11/h1-7H,8H2,(H,12,13). The summed E-state index contributed by atoms with van der Waals surface area (Å²) in [6.45, 7) is 0. The van der Waals surface area contributed by atoms with Crippen LogP contribution in [0.3, 0.4) is 0 Å². The fraction of sp³-hybridized carbons (Fsp3) is 0.0909. The van der Waals surface area contributed by atoms with Crippen molar-refractivity contribution in [3.8, 4) is 11.1 Å². The summed E-state index contributed by atoms with van der Waals surface area (Å²) in [6.07, 6.45) is 0. The van der Waals surface area contributed by atoms with Gasteiger partial charge >= 0.3 is 0 Å². The smallest absolute Gasteiger partial charge is 0.157 e. The average Bonchev–Trinajstić information content (AvgIpc) is 2.71. The van der Waals surface area contributed by atoms with Crippen molar-refractivity contribution in [1.29, 1.82) is 0 Å². The molecular formula is C11H10O2S2. The molecule has 1 N–H and O–H groups in total. The Morgan fingerprint density at radius 1 is 1.13 bits per heavy atom. The van der Waals surface area contributed by atoms with Crippen LogP contribution >= 0.6 is 11.3 Å². The lowest BCUT2D eigenvalue weighted by atomic mass is 10.1. The summed E-state index contributed by atoms with van der Waals surface area (Å²) < 4.78 is 19.3. The minimum absolute atomic E-state index is 0.198. The third-order valence-electron chi connectivity index (χ3n) is 2.10. The molecule has 2 aromatic rings. The van der Waals surface area contributed by atoms with Gasteiger partial charge in [-0.05, 0) is 33.5 Å². The van der Waals surface area contributed by atoms with Crippen molar-refractivity contribution in [2.24, 2.45) is 0 Å². The maximum absolute atomic E-state index is 10.6. The fourth-order valence-corrected chi connectivity index (χ4v) is 2.51. The van der Waals surface area contributed by atoms with Gasteiger partial charge in [0.15, 0.2) is 11.1 Å². The van der Waals surface area contributed by atoms with Crippen molar-refractivity contribution in [3.63, 3.8) is 0 Å². The Morgan fingerprint density at radius 2 is 1.87 bits per heavy atom. The van der Waals surface area contributed by atoms with Gasteiger partial charge in [0.05, 0.1) is 5.75 Å². The van der Waals surface area contributed by atoms with Crippen molar-refractivity contribution in [2.75, 3.05) is 0 Å². The van der Waals surface area contributed by atoms with Crippen LogP contribution < -0.4 is 0 Å². The second kappa shape index (κ2) is 4.70. The van der Waals surface area contributed by atoms with Gasteiger partial charge < -0.3 is 4.55 Å². The summed E-state index contributed by atoms with van der Waals surface area (Å²) in [7, 11) is 0. The number of benzene rings is 1. The lowest BCUT2D eigenvalue weighted by Crippen LogP contribution is -1.92. The van der Waals surface area contributed by atoms with E-state index in [0.29, 0.717) is 0 Å². The Hall–Kier alpha value is -0.970. The van der Waals surface area contributed by atoms with Crippen molar-refractivity contribution >= 4 is 22.4 Å². The zero-order chi connectivity index (χ0) is 10.7. The van der Waals surface area contributed by atoms with E-state index in [1.165, 1.54) is 5.56 Å². The van der Waals surface area contributed by atoms with Crippen LogP contribution in [0.5, 0.6) is 0 Å². The maximum atomic E-state index is 10.6. The molecule has 1 aromatic carbocycles. The molecule has 0 fully saturated rings. The molecule has 78 valence electrons. The third-order valence-corrected chi connectivity index (χ3v) is 3.36. The Bertz CT molecular complexity index is 446. The van der Waals surface area contributed by atoms with Crippen LogP contribution in [0.25, 0.3) is 11.1 Å². The van der Waals surface area contributed by atoms with Gasteiger partial charge in [0.25, 0.3) is 0 Å². The fourth-order valence-electron chi connectivity index (χ4n) is 1.36. The number of thiophene rings is 1. The van der Waals surface area contributed by atoms with Crippen LogP contribution in [-0.2, 0) is 16.8 Å². The SMILES string of the molecule is O=S(O)Cc1ccc(-c2ccsc2)cc1. The van der Waals surface area contributed by atoms with Crippen molar-refractivity contribution in [2.45, 2.75) is 5.75 Å². The summed E-state index contributed by atoms with van der Waals surface area (Å²) in [5.41, 5.74) is 3.22. The van der Waals surface area contributed by atoms with E-state index in [1.807, 2.05) is 29.6 Å². The Kier molecular flexibility index (Phi) is 3.30. The summed E-state index contributed by atoms with van der Waals surface area (Å²) in [5.74, 6) is 0.198. The molecule has 0 bridgehead atoms. The minimum atomic E-state index is -1.76. The van der Waals surface area contributed by atoms with Gasteiger partial charge in [-0.15, -0.1) is 0 Å². The van der Waals surface area contributed by atoms with E-state index in [4.69, 9.17) is 4.55 Å². The van der Waals surface area contributed by atoms with E-state index in [0.717, 1.165) is 11.1 Å². The van der Waals surface area contributed by atoms with E-state index in [9.17, 15) is 4.21 Å². The van der Waals surface area contributed by atoms with Crippen LogP contribution in [0.2, 0.25) is 0 Å². The molecule has 1 aromatic heterocycles. The van der Waals surface area contributed by atoms with Crippen LogP contribution in [0.4, 0.5) is 0 Å². The zero-order valence-electron chi connectivity index (χ0n) is 7.92. The van der Waals surface area contributed by atoms with Crippen LogP contribution in [0.15, 0.2) is 41.1 Å². The first-order valence-corrected chi connectivity index (χ1v) is 6.66. The molecule has 0 saturated heterocycles. The minimum Gasteiger partial charge on any atom is -0.306 e. The second-order valence-electron chi connectivity index (χ2n) is 3.17. The summed E-state index contributed by atoms with van der Waals surface area (Å²) >= 11 is -0.0972. The quantitative estimate of drug-likeness (QED) is 0.834. The third kappa shape index (κ3) is 2.75. The molecule has 15 heavy (non-hydrogen) atoms. The van der Waals surface area contributed by atoms with Crippen molar-refractivity contribution in [3.05, 3.63) is 46.7 Å². The molecule has 0 spiro atoms. The molecule has 0 aliphatic heterocycles. The summed E-state index contributed by atoms with van der Waals surface area (Å²) in [5, 5.41) is 4.12. The molecule has 0 aliphatic carbocycles. The predicted molar refractivity (Wildman–Crippen MR) is 64.2 cm³/mol. The predicted octanol–water partition coefficient (Wildman–Crippen LogP) is 3.14. The van der Waals surface area contributed by atoms with Gasteiger partial charge in [-0.2, -0.15) is 11.3 Å². The first kappa shape index (κ1) is 10.5. The maximum Gasteiger partial charge on any atom is 0.157 e. The van der Waals surface area contributed by atoms with Crippen LogP contribution in [0, 0.1) is 0 Å². The van der Waals surface area contributed by atoms with Gasteiger partial charge in [0.1, 0.15) is 0 Å². The van der Waals surface area contributed by atoms with E-state index < -0.39 is 11.1 Å². The van der Waals surface area contributed by atoms with E-state index >= 15 is 0 Å². The topological polar surface area (TPSA) is 37.3 Å². The van der Waals surface area contributed by atoms with Gasteiger partial charge in [-0.25, -0.2) is 4.21 Å². The highest BCUT2D eigenvalue weighted by Crippen LogP contribution is 2.22. The van der Waals surface area contributed by atoms with Crippen molar-refractivity contribution < 1.29 is 8.76 Å². The molecule has 1 atom stereocenters. The molecule has 0 radical (unpaired) electrons. The first-order chi connectivity index (χ1) is 7.25. The molecule has 2 rings (SSSR count). The number of rotatable bonds is 3. The molecule has 0 amide bonds. The van der Waals surface area contributed by atoms with Gasteiger partial charge in [0.2, 0.25) is 0 Å². The first-order valence-electron chi connectivity index (χ1n) is 4.44. The Labute approximate surface area is 94.9 Å². The largest absolute Gasteiger partial charge is 0.306 e. The summed E-state index contributed by atoms with van der Waals surface area (Å²) in [4.78, 5) is 0. The molecule has 0 aliphatic rings. The lowest BCUT2D eigenvalue weighted by Gasteiger charge is -2.00. The molecule has 2 nitrogen and oxygen atoms in total. The average molecular weight is 238 g/mol. The Morgan fingerprint density at radius 3 is 2.40 bits per heavy atom. The zero-order valence-corrected chi connectivity index (χ0v) is 9.55. The lowest BCUT2D eigenvalue weighted by molar-refractivity contribution is 0.563.